The van der Waals surface area contributed by atoms with Crippen LogP contribution >= 0.6 is 0 Å². The van der Waals surface area contributed by atoms with Gasteiger partial charge in [0.05, 0.1) is 12.7 Å². The average molecular weight is 225 g/mol. The van der Waals surface area contributed by atoms with Crippen molar-refractivity contribution < 1.29 is 9.13 Å². The van der Waals surface area contributed by atoms with Gasteiger partial charge in [-0.2, -0.15) is 0 Å². The summed E-state index contributed by atoms with van der Waals surface area (Å²) in [6.45, 7) is 6.51. The summed E-state index contributed by atoms with van der Waals surface area (Å²) in [5.41, 5.74) is 6.60. The molecule has 0 bridgehead atoms. The molecule has 1 aromatic carbocycles. The van der Waals surface area contributed by atoms with Gasteiger partial charge in [-0.15, -0.1) is 0 Å². The van der Waals surface area contributed by atoms with E-state index in [0.29, 0.717) is 17.2 Å². The molecule has 3 heteroatoms. The fraction of sp³-hybridized carbons (Fsp3) is 0.538. The van der Waals surface area contributed by atoms with Crippen molar-refractivity contribution >= 4 is 5.69 Å². The van der Waals surface area contributed by atoms with E-state index >= 15 is 0 Å². The molecule has 90 valence electrons. The lowest BCUT2D eigenvalue weighted by molar-refractivity contribution is 0.0386. The molecule has 1 atom stereocenters. The maximum absolute atomic E-state index is 13.4. The predicted molar refractivity (Wildman–Crippen MR) is 64.5 cm³/mol. The topological polar surface area (TPSA) is 35.2 Å². The van der Waals surface area contributed by atoms with E-state index in [2.05, 4.69) is 13.8 Å². The first kappa shape index (κ1) is 13.0. The summed E-state index contributed by atoms with van der Waals surface area (Å²) in [6, 6.07) is 4.70. The molecule has 0 aliphatic carbocycles. The molecule has 0 saturated carbocycles. The first-order valence-electron chi connectivity index (χ1n) is 5.65. The molecule has 0 amide bonds. The smallest absolute Gasteiger partial charge is 0.130 e. The molecule has 0 spiro atoms. The van der Waals surface area contributed by atoms with Crippen molar-refractivity contribution in [3.8, 4) is 0 Å². The van der Waals surface area contributed by atoms with Gasteiger partial charge in [-0.25, -0.2) is 4.39 Å². The van der Waals surface area contributed by atoms with E-state index in [1.54, 1.807) is 12.1 Å². The quantitative estimate of drug-likeness (QED) is 0.780. The molecule has 16 heavy (non-hydrogen) atoms. The van der Waals surface area contributed by atoms with Gasteiger partial charge in [0.2, 0.25) is 0 Å². The normalized spacial score (nSPS) is 13.1. The lowest BCUT2D eigenvalue weighted by atomic mass is 10.1. The summed E-state index contributed by atoms with van der Waals surface area (Å²) in [7, 11) is 0. The minimum atomic E-state index is -0.295. The van der Waals surface area contributed by atoms with Gasteiger partial charge >= 0.3 is 0 Å². The highest BCUT2D eigenvalue weighted by molar-refractivity contribution is 5.46. The van der Waals surface area contributed by atoms with Gasteiger partial charge in [0.15, 0.2) is 0 Å². The van der Waals surface area contributed by atoms with Gasteiger partial charge < -0.3 is 10.5 Å². The summed E-state index contributed by atoms with van der Waals surface area (Å²) < 4.78 is 19.0. The zero-order valence-electron chi connectivity index (χ0n) is 10.2. The summed E-state index contributed by atoms with van der Waals surface area (Å²) in [6.07, 6.45) is 1.09. The van der Waals surface area contributed by atoms with Gasteiger partial charge in [0, 0.05) is 11.3 Å². The monoisotopic (exact) mass is 225 g/mol. The molecule has 1 rings (SSSR count). The molecule has 0 saturated heterocycles. The molecule has 0 aliphatic rings. The Balaban J connectivity index is 2.54. The summed E-state index contributed by atoms with van der Waals surface area (Å²) in [5.74, 6) is 0.282. The largest absolute Gasteiger partial charge is 0.398 e. The van der Waals surface area contributed by atoms with Crippen molar-refractivity contribution in [2.24, 2.45) is 5.92 Å². The fourth-order valence-electron chi connectivity index (χ4n) is 1.69. The van der Waals surface area contributed by atoms with Gasteiger partial charge in [-0.05, 0) is 31.4 Å². The van der Waals surface area contributed by atoms with E-state index in [1.807, 2.05) is 6.92 Å². The number of nitrogens with two attached hydrogens (primary N) is 1. The van der Waals surface area contributed by atoms with Crippen molar-refractivity contribution in [2.75, 3.05) is 5.73 Å². The van der Waals surface area contributed by atoms with Gasteiger partial charge in [-0.1, -0.05) is 19.9 Å². The van der Waals surface area contributed by atoms with E-state index in [1.165, 1.54) is 6.07 Å². The number of hydrogen-bond acceptors (Lipinski definition) is 2. The van der Waals surface area contributed by atoms with Crippen molar-refractivity contribution in [3.05, 3.63) is 29.6 Å². The molecule has 0 fully saturated rings. The first-order chi connectivity index (χ1) is 7.50. The summed E-state index contributed by atoms with van der Waals surface area (Å²) in [5, 5.41) is 0. The molecular weight excluding hydrogens is 205 g/mol. The molecule has 0 aliphatic heterocycles. The predicted octanol–water partition coefficient (Wildman–Crippen LogP) is 3.36. The molecule has 0 heterocycles. The Morgan fingerprint density at radius 1 is 1.31 bits per heavy atom. The van der Waals surface area contributed by atoms with Crippen molar-refractivity contribution in [3.63, 3.8) is 0 Å². The maximum Gasteiger partial charge on any atom is 0.130 e. The molecule has 2 N–H and O–H groups in total. The number of nitrogen functional groups attached to an aromatic ring is 1. The highest BCUT2D eigenvalue weighted by Crippen LogP contribution is 2.18. The molecule has 2 nitrogen and oxygen atoms in total. The summed E-state index contributed by atoms with van der Waals surface area (Å²) in [4.78, 5) is 0. The fourth-order valence-corrected chi connectivity index (χ4v) is 1.69. The van der Waals surface area contributed by atoms with Crippen LogP contribution in [0.25, 0.3) is 0 Å². The van der Waals surface area contributed by atoms with Crippen molar-refractivity contribution in [1.82, 2.24) is 0 Å². The molecule has 0 aromatic heterocycles. The minimum absolute atomic E-state index is 0.124. The Morgan fingerprint density at radius 2 is 2.00 bits per heavy atom. The van der Waals surface area contributed by atoms with Crippen LogP contribution in [0.3, 0.4) is 0 Å². The van der Waals surface area contributed by atoms with Crippen LogP contribution in [0.1, 0.15) is 32.8 Å². The van der Waals surface area contributed by atoms with Crippen molar-refractivity contribution in [2.45, 2.75) is 39.9 Å². The Morgan fingerprint density at radius 3 is 2.56 bits per heavy atom. The third-order valence-corrected chi connectivity index (χ3v) is 2.47. The minimum Gasteiger partial charge on any atom is -0.398 e. The van der Waals surface area contributed by atoms with E-state index in [0.717, 1.165) is 6.42 Å². The number of anilines is 1. The Labute approximate surface area is 96.6 Å². The second-order valence-electron chi connectivity index (χ2n) is 4.56. The zero-order valence-corrected chi connectivity index (χ0v) is 10.2. The number of ether oxygens (including phenoxy) is 1. The lowest BCUT2D eigenvalue weighted by Crippen LogP contribution is -2.12. The van der Waals surface area contributed by atoms with Crippen LogP contribution in [0.15, 0.2) is 18.2 Å². The van der Waals surface area contributed by atoms with Gasteiger partial charge in [0.1, 0.15) is 5.82 Å². The number of halogens is 1. The lowest BCUT2D eigenvalue weighted by Gasteiger charge is -2.16. The molecule has 1 unspecified atom stereocenters. The molecular formula is C13H20FNO. The zero-order chi connectivity index (χ0) is 12.1. The number of benzene rings is 1. The molecule has 1 aromatic rings. The van der Waals surface area contributed by atoms with E-state index in [4.69, 9.17) is 10.5 Å². The van der Waals surface area contributed by atoms with Crippen LogP contribution in [-0.4, -0.2) is 6.10 Å². The highest BCUT2D eigenvalue weighted by Gasteiger charge is 2.09. The van der Waals surface area contributed by atoms with E-state index < -0.39 is 0 Å². The number of rotatable bonds is 5. The van der Waals surface area contributed by atoms with Crippen molar-refractivity contribution in [1.29, 1.82) is 0 Å². The second-order valence-corrected chi connectivity index (χ2v) is 4.56. The summed E-state index contributed by atoms with van der Waals surface area (Å²) >= 11 is 0. The average Bonchev–Trinajstić information content (AvgIpc) is 2.15. The van der Waals surface area contributed by atoms with E-state index in [-0.39, 0.29) is 18.5 Å². The standard InChI is InChI=1S/C13H20FNO/c1-9(2)7-10(3)16-8-11-12(14)5-4-6-13(11)15/h4-6,9-10H,7-8,15H2,1-3H3. The van der Waals surface area contributed by atoms with E-state index in [9.17, 15) is 4.39 Å². The maximum atomic E-state index is 13.4. The van der Waals surface area contributed by atoms with Crippen LogP contribution in [0, 0.1) is 11.7 Å². The Kier molecular flexibility index (Phi) is 4.74. The second kappa shape index (κ2) is 5.85. The highest BCUT2D eigenvalue weighted by atomic mass is 19.1. The van der Waals surface area contributed by atoms with Gasteiger partial charge in [-0.3, -0.25) is 0 Å². The SMILES string of the molecule is CC(C)CC(C)OCc1c(N)cccc1F. The third kappa shape index (κ3) is 3.81. The molecule has 0 radical (unpaired) electrons. The van der Waals surface area contributed by atoms with Crippen LogP contribution in [-0.2, 0) is 11.3 Å². The van der Waals surface area contributed by atoms with Crippen LogP contribution in [0.5, 0.6) is 0 Å². The Bertz CT molecular complexity index is 318. The van der Waals surface area contributed by atoms with Crippen LogP contribution < -0.4 is 5.73 Å². The first-order valence-corrected chi connectivity index (χ1v) is 5.65. The van der Waals surface area contributed by atoms with Gasteiger partial charge in [0.25, 0.3) is 0 Å². The van der Waals surface area contributed by atoms with Crippen LogP contribution in [0.4, 0.5) is 10.1 Å². The third-order valence-electron chi connectivity index (χ3n) is 2.47. The number of hydrogen-bond donors (Lipinski definition) is 1. The van der Waals surface area contributed by atoms with Crippen LogP contribution in [0.2, 0.25) is 0 Å². The Hall–Kier alpha value is -1.09.